The maximum absolute atomic E-state index is 11.3. The van der Waals surface area contributed by atoms with Gasteiger partial charge >= 0.3 is 11.9 Å². The van der Waals surface area contributed by atoms with Gasteiger partial charge in [-0.05, 0) is 6.08 Å². The molecule has 1 aliphatic heterocycles. The molecule has 1 aliphatic carbocycles. The monoisotopic (exact) mass is 230 g/mol. The van der Waals surface area contributed by atoms with Crippen LogP contribution in [-0.4, -0.2) is 29.7 Å². The van der Waals surface area contributed by atoms with Crippen LogP contribution in [0.3, 0.4) is 0 Å². The number of hydrogen-bond donors (Lipinski definition) is 1. The van der Waals surface area contributed by atoms with Gasteiger partial charge in [0, 0.05) is 0 Å². The molecule has 0 spiro atoms. The molecule has 0 radical (unpaired) electrons. The molecule has 0 aromatic heterocycles. The Bertz CT molecular complexity index is 499. The first-order chi connectivity index (χ1) is 6.89. The minimum absolute atomic E-state index is 0.959. The van der Waals surface area contributed by atoms with Crippen LogP contribution in [0.1, 0.15) is 0 Å². The fourth-order valence-electron chi connectivity index (χ4n) is 1.66. The van der Waals surface area contributed by atoms with E-state index in [0.717, 1.165) is 6.08 Å². The summed E-state index contributed by atoms with van der Waals surface area (Å²) in [6.45, 7) is 0. The molecule has 2 atom stereocenters. The molecule has 7 heteroatoms. The second-order valence-corrected chi connectivity index (χ2v) is 4.82. The van der Waals surface area contributed by atoms with Crippen LogP contribution in [0.2, 0.25) is 0 Å². The van der Waals surface area contributed by atoms with Crippen molar-refractivity contribution in [3.8, 4) is 0 Å². The summed E-state index contributed by atoms with van der Waals surface area (Å²) in [4.78, 5) is 22.5. The fourth-order valence-corrected chi connectivity index (χ4v) is 2.65. The van der Waals surface area contributed by atoms with Crippen molar-refractivity contribution in [3.63, 3.8) is 0 Å². The van der Waals surface area contributed by atoms with Crippen LogP contribution in [0.25, 0.3) is 0 Å². The molecule has 6 nitrogen and oxygen atoms in total. The summed E-state index contributed by atoms with van der Waals surface area (Å²) in [6.07, 6.45) is 4.85. The van der Waals surface area contributed by atoms with Crippen LogP contribution < -0.4 is 0 Å². The van der Waals surface area contributed by atoms with Gasteiger partial charge in [-0.3, -0.25) is 9.35 Å². The molecule has 0 amide bonds. The maximum atomic E-state index is 11.3. The Hall–Kier alpha value is -1.47. The van der Waals surface area contributed by atoms with E-state index >= 15 is 0 Å². The highest BCUT2D eigenvalue weighted by Gasteiger charge is 2.64. The van der Waals surface area contributed by atoms with E-state index in [1.54, 1.807) is 0 Å². The number of allylic oxidation sites excluding steroid dienone is 2. The molecule has 1 heterocycles. The molecule has 2 aliphatic rings. The van der Waals surface area contributed by atoms with Gasteiger partial charge in [0.1, 0.15) is 5.92 Å². The van der Waals surface area contributed by atoms with Gasteiger partial charge < -0.3 is 4.74 Å². The third-order valence-electron chi connectivity index (χ3n) is 2.41. The van der Waals surface area contributed by atoms with Crippen molar-refractivity contribution in [2.75, 3.05) is 0 Å². The summed E-state index contributed by atoms with van der Waals surface area (Å²) in [7, 11) is -4.74. The predicted molar refractivity (Wildman–Crippen MR) is 47.1 cm³/mol. The highest BCUT2D eigenvalue weighted by Crippen LogP contribution is 2.39. The fraction of sp³-hybridized carbons (Fsp3) is 0.250. The topological polar surface area (TPSA) is 97.7 Å². The summed E-state index contributed by atoms with van der Waals surface area (Å²) in [5, 5.41) is 0. The second kappa shape index (κ2) is 2.77. The first kappa shape index (κ1) is 10.1. The summed E-state index contributed by atoms with van der Waals surface area (Å²) in [6, 6.07) is 0. The highest BCUT2D eigenvalue weighted by atomic mass is 32.2. The lowest BCUT2D eigenvalue weighted by atomic mass is 9.90. The lowest BCUT2D eigenvalue weighted by molar-refractivity contribution is -0.153. The van der Waals surface area contributed by atoms with Gasteiger partial charge in [-0.2, -0.15) is 8.42 Å². The number of cyclic esters (lactones) is 2. The largest absolute Gasteiger partial charge is 0.391 e. The van der Waals surface area contributed by atoms with Crippen LogP contribution in [0, 0.1) is 5.92 Å². The highest BCUT2D eigenvalue weighted by molar-refractivity contribution is 7.88. The third-order valence-corrected chi connectivity index (χ3v) is 3.82. The zero-order valence-corrected chi connectivity index (χ0v) is 8.10. The first-order valence-corrected chi connectivity index (χ1v) is 5.43. The number of esters is 2. The van der Waals surface area contributed by atoms with Gasteiger partial charge in [-0.1, -0.05) is 18.2 Å². The van der Waals surface area contributed by atoms with Crippen molar-refractivity contribution in [3.05, 3.63) is 24.3 Å². The van der Waals surface area contributed by atoms with Gasteiger partial charge in [-0.15, -0.1) is 0 Å². The lowest BCUT2D eigenvalue weighted by Gasteiger charge is -2.22. The Labute approximate surface area is 85.0 Å². The molecule has 2 rings (SSSR count). The molecule has 80 valence electrons. The number of carbonyl (C=O) groups excluding carboxylic acids is 2. The van der Waals surface area contributed by atoms with Gasteiger partial charge in [-0.25, -0.2) is 4.79 Å². The Balaban J connectivity index is 2.71. The van der Waals surface area contributed by atoms with E-state index in [1.807, 2.05) is 0 Å². The van der Waals surface area contributed by atoms with Crippen molar-refractivity contribution >= 4 is 22.1 Å². The summed E-state index contributed by atoms with van der Waals surface area (Å²) in [5.74, 6) is -3.54. The first-order valence-electron chi connectivity index (χ1n) is 3.99. The lowest BCUT2D eigenvalue weighted by Crippen LogP contribution is -2.47. The van der Waals surface area contributed by atoms with Crippen molar-refractivity contribution in [2.45, 2.75) is 4.75 Å². The number of carbonyl (C=O) groups is 2. The van der Waals surface area contributed by atoms with Crippen molar-refractivity contribution < 1.29 is 27.3 Å². The Morgan fingerprint density at radius 1 is 1.33 bits per heavy atom. The third kappa shape index (κ3) is 1.10. The number of fused-ring (bicyclic) bond motifs is 1. The van der Waals surface area contributed by atoms with Crippen LogP contribution in [-0.2, 0) is 24.4 Å². The van der Waals surface area contributed by atoms with E-state index in [2.05, 4.69) is 4.74 Å². The SMILES string of the molecule is O=C1OC(=O)C2(S(=O)(=O)O)C=CC=CC12. The molecule has 0 aromatic rings. The van der Waals surface area contributed by atoms with Crippen molar-refractivity contribution in [1.82, 2.24) is 0 Å². The standard InChI is InChI=1S/C8H6O6S/c9-6-5-3-1-2-4-8(5,7(10)14-6)15(11,12)13/h1-5H,(H,11,12,13). The Morgan fingerprint density at radius 2 is 2.00 bits per heavy atom. The number of ether oxygens (including phenoxy) is 1. The summed E-state index contributed by atoms with van der Waals surface area (Å²) >= 11 is 0. The summed E-state index contributed by atoms with van der Waals surface area (Å²) < 4.78 is 33.3. The van der Waals surface area contributed by atoms with Crippen LogP contribution in [0.4, 0.5) is 0 Å². The zero-order chi connectivity index (χ0) is 11.3. The molecule has 0 bridgehead atoms. The van der Waals surface area contributed by atoms with E-state index in [4.69, 9.17) is 4.55 Å². The van der Waals surface area contributed by atoms with Gasteiger partial charge in [0.2, 0.25) is 4.75 Å². The number of hydrogen-bond acceptors (Lipinski definition) is 5. The molecule has 0 saturated carbocycles. The Kier molecular flexibility index (Phi) is 1.86. The predicted octanol–water partition coefficient (Wildman–Crippen LogP) is -0.561. The molecule has 15 heavy (non-hydrogen) atoms. The van der Waals surface area contributed by atoms with Crippen LogP contribution in [0.15, 0.2) is 24.3 Å². The van der Waals surface area contributed by atoms with Crippen molar-refractivity contribution in [2.24, 2.45) is 5.92 Å². The van der Waals surface area contributed by atoms with Gasteiger partial charge in [0.05, 0.1) is 0 Å². The van der Waals surface area contributed by atoms with Crippen LogP contribution >= 0.6 is 0 Å². The normalized spacial score (nSPS) is 34.1. The molecule has 1 N–H and O–H groups in total. The Morgan fingerprint density at radius 3 is 2.53 bits per heavy atom. The minimum Gasteiger partial charge on any atom is -0.391 e. The summed E-state index contributed by atoms with van der Waals surface area (Å²) in [5.41, 5.74) is 0. The minimum atomic E-state index is -4.74. The smallest absolute Gasteiger partial charge is 0.342 e. The van der Waals surface area contributed by atoms with Gasteiger partial charge in [0.25, 0.3) is 10.1 Å². The second-order valence-electron chi connectivity index (χ2n) is 3.20. The molecular formula is C8H6O6S. The van der Waals surface area contributed by atoms with E-state index in [9.17, 15) is 18.0 Å². The molecular weight excluding hydrogens is 224 g/mol. The molecule has 0 aromatic carbocycles. The molecule has 2 unspecified atom stereocenters. The molecule has 1 saturated heterocycles. The van der Waals surface area contributed by atoms with E-state index in [-0.39, 0.29) is 0 Å². The average Bonchev–Trinajstić information content (AvgIpc) is 2.40. The van der Waals surface area contributed by atoms with Crippen LogP contribution in [0.5, 0.6) is 0 Å². The average molecular weight is 230 g/mol. The zero-order valence-electron chi connectivity index (χ0n) is 7.28. The number of rotatable bonds is 1. The molecule has 1 fully saturated rings. The van der Waals surface area contributed by atoms with E-state index in [0.29, 0.717) is 0 Å². The quantitative estimate of drug-likeness (QED) is 0.368. The van der Waals surface area contributed by atoms with Crippen molar-refractivity contribution in [1.29, 1.82) is 0 Å². The van der Waals surface area contributed by atoms with E-state index in [1.165, 1.54) is 18.2 Å². The van der Waals surface area contributed by atoms with Gasteiger partial charge in [0.15, 0.2) is 0 Å². The maximum Gasteiger partial charge on any atom is 0.342 e. The van der Waals surface area contributed by atoms with E-state index < -0.39 is 32.7 Å².